The lowest BCUT2D eigenvalue weighted by Gasteiger charge is -2.46. The Balaban J connectivity index is 1.18. The molecule has 0 bridgehead atoms. The Morgan fingerprint density at radius 1 is 1.03 bits per heavy atom. The molecule has 20 nitrogen and oxygen atoms in total. The third-order valence-electron chi connectivity index (χ3n) is 9.77. The highest BCUT2D eigenvalue weighted by Crippen LogP contribution is 2.52. The Kier molecular flexibility index (Phi) is 11.4. The second-order valence-corrected chi connectivity index (χ2v) is 13.8. The number of amidine groups is 1. The van der Waals surface area contributed by atoms with Crippen LogP contribution in [-0.2, 0) is 9.53 Å². The van der Waals surface area contributed by atoms with E-state index in [9.17, 15) is 55.9 Å². The first-order valence-electron chi connectivity index (χ1n) is 17.9. The van der Waals surface area contributed by atoms with Crippen LogP contribution in [0.3, 0.4) is 0 Å². The van der Waals surface area contributed by atoms with Gasteiger partial charge < -0.3 is 74.7 Å². The summed E-state index contributed by atoms with van der Waals surface area (Å²) in [5.74, 6) is -4.72. The van der Waals surface area contributed by atoms with Crippen LogP contribution in [0.25, 0.3) is 5.76 Å². The summed E-state index contributed by atoms with van der Waals surface area (Å²) in [5.41, 5.74) is -2.19. The summed E-state index contributed by atoms with van der Waals surface area (Å²) in [5, 5.41) is 116. The monoisotopic (exact) mass is 818 g/mol. The molecule has 59 heavy (non-hydrogen) atoms. The van der Waals surface area contributed by atoms with Gasteiger partial charge in [0.05, 0.1) is 18.9 Å². The molecule has 1 saturated heterocycles. The summed E-state index contributed by atoms with van der Waals surface area (Å²) < 4.78 is 28.9. The average Bonchev–Trinajstić information content (AvgIpc) is 3.89. The summed E-state index contributed by atoms with van der Waals surface area (Å²) in [6.45, 7) is -0.581. The van der Waals surface area contributed by atoms with Gasteiger partial charge in [-0.3, -0.25) is 10.4 Å². The van der Waals surface area contributed by atoms with Crippen molar-refractivity contribution in [1.82, 2.24) is 0 Å². The van der Waals surface area contributed by atoms with E-state index in [1.807, 2.05) is 0 Å². The van der Waals surface area contributed by atoms with Gasteiger partial charge in [0.1, 0.15) is 70.8 Å². The number of nitrogens with zero attached hydrogens (tertiary/aromatic N) is 3. The number of phenols is 2. The van der Waals surface area contributed by atoms with Gasteiger partial charge in [0.25, 0.3) is 0 Å². The zero-order valence-corrected chi connectivity index (χ0v) is 30.5. The minimum atomic E-state index is -2.61. The number of carboxylic acid groups (broad SMARTS) is 1. The van der Waals surface area contributed by atoms with Crippen LogP contribution in [0.5, 0.6) is 34.5 Å². The molecule has 0 spiro atoms. The van der Waals surface area contributed by atoms with Gasteiger partial charge in [0.15, 0.2) is 23.7 Å². The molecule has 0 aliphatic carbocycles. The quantitative estimate of drug-likeness (QED) is 0.100. The number of aliphatic hydroxyl groups is 7. The second kappa shape index (κ2) is 16.5. The molecule has 3 aromatic carbocycles. The molecule has 4 heterocycles. The van der Waals surface area contributed by atoms with Crippen molar-refractivity contribution in [1.29, 1.82) is 5.41 Å². The molecule has 11 N–H and O–H groups in total. The Bertz CT molecular complexity index is 2280. The van der Waals surface area contributed by atoms with Crippen molar-refractivity contribution in [3.8, 4) is 34.5 Å². The molecule has 0 aromatic heterocycles. The fourth-order valence-electron chi connectivity index (χ4n) is 6.77. The third kappa shape index (κ3) is 8.18. The zero-order chi connectivity index (χ0) is 42.2. The van der Waals surface area contributed by atoms with E-state index in [0.29, 0.717) is 5.56 Å². The predicted octanol–water partition coefficient (Wildman–Crippen LogP) is 0.803. The van der Waals surface area contributed by atoms with Crippen LogP contribution in [0.2, 0.25) is 0 Å². The lowest BCUT2D eigenvalue weighted by Crippen LogP contribution is -2.69. The van der Waals surface area contributed by atoms with E-state index in [2.05, 4.69) is 15.0 Å². The number of carboxylic acids is 1. The Hall–Kier alpha value is -6.39. The number of aliphatic imine (C=N–C) groups is 3. The fourth-order valence-corrected chi connectivity index (χ4v) is 6.77. The van der Waals surface area contributed by atoms with Crippen molar-refractivity contribution in [3.05, 3.63) is 89.5 Å². The van der Waals surface area contributed by atoms with Crippen LogP contribution >= 0.6 is 0 Å². The van der Waals surface area contributed by atoms with Crippen molar-refractivity contribution < 1.29 is 79.5 Å². The average molecular weight is 819 g/mol. The molecule has 9 unspecified atom stereocenters. The highest BCUT2D eigenvalue weighted by atomic mass is 16.7. The first kappa shape index (κ1) is 40.8. The van der Waals surface area contributed by atoms with E-state index in [4.69, 9.17) is 29.1 Å². The predicted molar refractivity (Wildman–Crippen MR) is 203 cm³/mol. The van der Waals surface area contributed by atoms with Crippen LogP contribution in [0, 0.1) is 5.41 Å². The van der Waals surface area contributed by atoms with Gasteiger partial charge in [-0.2, -0.15) is 0 Å². The lowest BCUT2D eigenvalue weighted by molar-refractivity contribution is -0.303. The topological polar surface area (TPSA) is 326 Å². The highest BCUT2D eigenvalue weighted by Gasteiger charge is 2.59. The summed E-state index contributed by atoms with van der Waals surface area (Å²) in [6.07, 6.45) is -9.39. The summed E-state index contributed by atoms with van der Waals surface area (Å²) >= 11 is 0. The maximum absolute atomic E-state index is 12.4. The molecule has 0 radical (unpaired) electrons. The van der Waals surface area contributed by atoms with E-state index < -0.39 is 96.8 Å². The van der Waals surface area contributed by atoms with Gasteiger partial charge in [-0.15, -0.1) is 0 Å². The number of aliphatic carboxylic acids is 1. The molecular weight excluding hydrogens is 780 g/mol. The van der Waals surface area contributed by atoms with Crippen molar-refractivity contribution in [2.75, 3.05) is 13.2 Å². The van der Waals surface area contributed by atoms with E-state index in [1.54, 1.807) is 12.1 Å². The van der Waals surface area contributed by atoms with Crippen LogP contribution in [-0.4, -0.2) is 136 Å². The van der Waals surface area contributed by atoms with Gasteiger partial charge >= 0.3 is 5.97 Å². The van der Waals surface area contributed by atoms with E-state index in [0.717, 1.165) is 12.1 Å². The highest BCUT2D eigenvalue weighted by molar-refractivity contribution is 6.15. The maximum atomic E-state index is 12.4. The number of hydrogen-bond donors (Lipinski definition) is 11. The first-order chi connectivity index (χ1) is 28.2. The number of hydrogen-bond acceptors (Lipinski definition) is 18. The number of phenolic OH excluding ortho intramolecular Hbond substituents is 2. The van der Waals surface area contributed by atoms with Crippen LogP contribution in [0.1, 0.15) is 35.5 Å². The molecule has 9 atom stereocenters. The molecule has 310 valence electrons. The number of fused-ring (bicyclic) bond motifs is 1. The standard InChI is InChI=1S/C39H38N4O16/c40-28-9-8-22(43-28)30(47)27(15-44)55-21-6-4-17(5-7-21)24-11-23(46)29-25(56-24)12-26(33(31(29)48)58-37(53)18-2-1-3-20(45)10-18)57-38-32(49)34(50)39(54,35(59-38)36(51)52)13-19-14-41-16-42-19/h1-12,16,24,27,30,32,34-35,37-38,40,44-50,53-54H,13-15H2,(H,51,52). The van der Waals surface area contributed by atoms with Gasteiger partial charge in [-0.1, -0.05) is 24.3 Å². The SMILES string of the molecule is N=C1C=CC(C(O)C(CO)Oc2ccc(C3C=C(O)c4c(cc(OC5OC(C(=O)O)C(O)(CC6=NC=NC6)C(O)C5O)c(OC(O)c5cccc(O)c5)c4O)O3)cc2)=N1. The smallest absolute Gasteiger partial charge is 0.336 e. The molecule has 4 aliphatic rings. The second-order valence-electron chi connectivity index (χ2n) is 13.8. The number of carbonyl (C=O) groups is 1. The summed E-state index contributed by atoms with van der Waals surface area (Å²) in [7, 11) is 0. The van der Waals surface area contributed by atoms with Crippen molar-refractivity contribution in [3.63, 3.8) is 0 Å². The van der Waals surface area contributed by atoms with Crippen LogP contribution in [0.15, 0.2) is 87.8 Å². The largest absolute Gasteiger partial charge is 0.508 e. The minimum absolute atomic E-state index is 0.000193. The van der Waals surface area contributed by atoms with Crippen molar-refractivity contribution >= 4 is 35.3 Å². The number of aromatic hydroxyl groups is 2. The van der Waals surface area contributed by atoms with E-state index in [-0.39, 0.29) is 52.2 Å². The summed E-state index contributed by atoms with van der Waals surface area (Å²) in [6, 6.07) is 12.4. The van der Waals surface area contributed by atoms with Gasteiger partial charge in [-0.25, -0.2) is 14.8 Å². The molecular formula is C39H38N4O16. The maximum Gasteiger partial charge on any atom is 0.336 e. The molecule has 3 aromatic rings. The zero-order valence-electron chi connectivity index (χ0n) is 30.5. The number of nitrogens with one attached hydrogen (secondary N) is 1. The van der Waals surface area contributed by atoms with Crippen LogP contribution < -0.4 is 18.9 Å². The minimum Gasteiger partial charge on any atom is -0.508 e. The van der Waals surface area contributed by atoms with Gasteiger partial charge in [-0.05, 0) is 42.0 Å². The molecule has 0 saturated carbocycles. The molecule has 4 aliphatic heterocycles. The number of aliphatic hydroxyl groups excluding tert-OH is 6. The Morgan fingerprint density at radius 2 is 1.80 bits per heavy atom. The lowest BCUT2D eigenvalue weighted by atomic mass is 9.80. The normalized spacial score (nSPS) is 26.2. The number of rotatable bonds is 14. The molecule has 7 rings (SSSR count). The van der Waals surface area contributed by atoms with E-state index in [1.165, 1.54) is 54.9 Å². The first-order valence-corrected chi connectivity index (χ1v) is 17.9. The van der Waals surface area contributed by atoms with Gasteiger partial charge in [0, 0.05) is 29.8 Å². The van der Waals surface area contributed by atoms with Crippen molar-refractivity contribution in [2.45, 2.75) is 61.2 Å². The Labute approximate surface area is 333 Å². The number of benzene rings is 3. The third-order valence-corrected chi connectivity index (χ3v) is 9.77. The van der Waals surface area contributed by atoms with Crippen molar-refractivity contribution in [2.24, 2.45) is 15.0 Å². The molecule has 1 fully saturated rings. The Morgan fingerprint density at radius 3 is 2.44 bits per heavy atom. The molecule has 0 amide bonds. The summed E-state index contributed by atoms with van der Waals surface area (Å²) in [4.78, 5) is 24.1. The van der Waals surface area contributed by atoms with Crippen LogP contribution in [0.4, 0.5) is 0 Å². The van der Waals surface area contributed by atoms with E-state index >= 15 is 0 Å². The molecule has 20 heteroatoms. The number of ether oxygens (including phenoxy) is 5. The van der Waals surface area contributed by atoms with Gasteiger partial charge in [0.2, 0.25) is 18.3 Å². The fraction of sp³-hybridized carbons (Fsp3) is 0.308.